The van der Waals surface area contributed by atoms with E-state index in [1.54, 1.807) is 12.1 Å². The van der Waals surface area contributed by atoms with Crippen molar-refractivity contribution < 1.29 is 22.7 Å². The molecule has 0 atom stereocenters. The summed E-state index contributed by atoms with van der Waals surface area (Å²) in [6.07, 6.45) is 6.46. The number of halogens is 1. The fourth-order valence-corrected chi connectivity index (χ4v) is 6.28. The van der Waals surface area contributed by atoms with E-state index in [0.717, 1.165) is 49.2 Å². The molecule has 2 aliphatic rings. The highest BCUT2D eigenvalue weighted by Crippen LogP contribution is 2.36. The van der Waals surface area contributed by atoms with E-state index in [1.807, 2.05) is 48.5 Å². The van der Waals surface area contributed by atoms with E-state index < -0.39 is 22.5 Å². The molecule has 3 aromatic rings. The molecule has 0 bridgehead atoms. The van der Waals surface area contributed by atoms with Gasteiger partial charge in [0.15, 0.2) is 0 Å². The number of nitrogens with zero attached hydrogens (tertiary/aromatic N) is 1. The minimum Gasteiger partial charge on any atom is -0.487 e. The number of carbonyl (C=O) groups is 1. The van der Waals surface area contributed by atoms with Crippen LogP contribution in [0.5, 0.6) is 5.75 Å². The molecule has 1 saturated carbocycles. The van der Waals surface area contributed by atoms with Crippen LogP contribution in [-0.4, -0.2) is 34.0 Å². The third kappa shape index (κ3) is 7.36. The van der Waals surface area contributed by atoms with Gasteiger partial charge >= 0.3 is 5.97 Å². The number of hydrogen-bond acceptors (Lipinski definition) is 6. The summed E-state index contributed by atoms with van der Waals surface area (Å²) in [5.41, 5.74) is 3.86. The van der Waals surface area contributed by atoms with Crippen LogP contribution < -0.4 is 14.4 Å². The van der Waals surface area contributed by atoms with Crippen molar-refractivity contribution in [2.75, 3.05) is 24.5 Å². The van der Waals surface area contributed by atoms with E-state index in [2.05, 4.69) is 9.62 Å². The van der Waals surface area contributed by atoms with Crippen LogP contribution in [0.3, 0.4) is 0 Å². The second-order valence-electron chi connectivity index (χ2n) is 10.5. The molecule has 7 nitrogen and oxygen atoms in total. The van der Waals surface area contributed by atoms with Crippen molar-refractivity contribution in [3.8, 4) is 5.75 Å². The highest BCUT2D eigenvalue weighted by atomic mass is 35.5. The lowest BCUT2D eigenvalue weighted by Crippen LogP contribution is -2.34. The molecule has 1 heterocycles. The highest BCUT2D eigenvalue weighted by Gasteiger charge is 2.25. The van der Waals surface area contributed by atoms with Crippen molar-refractivity contribution in [1.82, 2.24) is 4.72 Å². The van der Waals surface area contributed by atoms with Crippen LogP contribution in [0.4, 0.5) is 5.69 Å². The maximum absolute atomic E-state index is 13.2. The van der Waals surface area contributed by atoms with E-state index in [0.29, 0.717) is 23.3 Å². The van der Waals surface area contributed by atoms with Crippen molar-refractivity contribution in [1.29, 1.82) is 0 Å². The van der Waals surface area contributed by atoms with Crippen LogP contribution in [-0.2, 0) is 39.2 Å². The maximum atomic E-state index is 13.2. The largest absolute Gasteiger partial charge is 0.487 e. The van der Waals surface area contributed by atoms with E-state index in [4.69, 9.17) is 21.1 Å². The average molecular weight is 583 g/mol. The quantitative estimate of drug-likeness (QED) is 0.334. The fourth-order valence-electron chi connectivity index (χ4n) is 5.10. The first-order valence-corrected chi connectivity index (χ1v) is 15.7. The molecule has 0 unspecified atom stereocenters. The number of ether oxygens (including phenoxy) is 2. The Morgan fingerprint density at radius 3 is 2.60 bits per heavy atom. The molecular weight excluding hydrogens is 548 g/mol. The molecule has 40 heavy (non-hydrogen) atoms. The molecule has 1 N–H and O–H groups in total. The van der Waals surface area contributed by atoms with Gasteiger partial charge in [0, 0.05) is 18.1 Å². The second kappa shape index (κ2) is 13.1. The standard InChI is InChI=1S/C31H35ClN2O5S/c32-27-13-12-26-22-38-30-15-14-28(40(36,37)33-19-31(35)39-21-24-7-2-1-3-8-24)18-29(30)34(20-23-9-6-10-23)16-5-4-11-25(26)17-27/h1-3,7-8,12-15,17-18,23,33H,4-6,9-11,16,19-22H2. The SMILES string of the molecule is O=C(CNS(=O)(=O)c1ccc2c(c1)N(CC1CCC1)CCCCc1cc(Cl)ccc1CO2)OCc1ccccc1. The molecule has 0 spiro atoms. The minimum absolute atomic E-state index is 0.0864. The van der Waals surface area contributed by atoms with E-state index in [-0.39, 0.29) is 11.5 Å². The molecule has 9 heteroatoms. The number of carbonyl (C=O) groups excluding carboxylic acids is 1. The molecule has 3 aromatic carbocycles. The number of anilines is 1. The van der Waals surface area contributed by atoms with Gasteiger partial charge in [-0.1, -0.05) is 54.4 Å². The fraction of sp³-hybridized carbons (Fsp3) is 0.387. The van der Waals surface area contributed by atoms with Crippen LogP contribution in [0.1, 0.15) is 48.8 Å². The Hall–Kier alpha value is -3.07. The lowest BCUT2D eigenvalue weighted by Gasteiger charge is -2.34. The van der Waals surface area contributed by atoms with Gasteiger partial charge in [0.1, 0.15) is 25.5 Å². The van der Waals surface area contributed by atoms with Gasteiger partial charge in [0.25, 0.3) is 0 Å². The first kappa shape index (κ1) is 28.5. The monoisotopic (exact) mass is 582 g/mol. The maximum Gasteiger partial charge on any atom is 0.321 e. The highest BCUT2D eigenvalue weighted by molar-refractivity contribution is 7.89. The van der Waals surface area contributed by atoms with Crippen LogP contribution in [0.25, 0.3) is 0 Å². The zero-order valence-corrected chi connectivity index (χ0v) is 24.1. The summed E-state index contributed by atoms with van der Waals surface area (Å²) < 4.78 is 40.4. The van der Waals surface area contributed by atoms with Crippen LogP contribution in [0.2, 0.25) is 5.02 Å². The molecule has 212 valence electrons. The summed E-state index contributed by atoms with van der Waals surface area (Å²) in [4.78, 5) is 14.6. The van der Waals surface area contributed by atoms with Gasteiger partial charge in [-0.3, -0.25) is 4.79 Å². The normalized spacial score (nSPS) is 16.1. The van der Waals surface area contributed by atoms with Gasteiger partial charge in [-0.25, -0.2) is 8.42 Å². The van der Waals surface area contributed by atoms with Crippen LogP contribution in [0.15, 0.2) is 71.6 Å². The number of hydrogen-bond donors (Lipinski definition) is 1. The third-order valence-electron chi connectivity index (χ3n) is 7.61. The van der Waals surface area contributed by atoms with Crippen molar-refractivity contribution in [3.63, 3.8) is 0 Å². The minimum atomic E-state index is -3.96. The van der Waals surface area contributed by atoms with Gasteiger partial charge in [0.2, 0.25) is 10.0 Å². The molecule has 0 aromatic heterocycles. The topological polar surface area (TPSA) is 84.9 Å². The number of fused-ring (bicyclic) bond motifs is 2. The number of sulfonamides is 1. The predicted molar refractivity (Wildman–Crippen MR) is 156 cm³/mol. The van der Waals surface area contributed by atoms with E-state index in [1.165, 1.54) is 30.9 Å². The average Bonchev–Trinajstić information content (AvgIpc) is 2.96. The van der Waals surface area contributed by atoms with E-state index in [9.17, 15) is 13.2 Å². The summed E-state index contributed by atoms with van der Waals surface area (Å²) in [7, 11) is -3.96. The summed E-state index contributed by atoms with van der Waals surface area (Å²) in [6.45, 7) is 1.66. The lowest BCUT2D eigenvalue weighted by atomic mass is 9.85. The number of rotatable bonds is 8. The summed E-state index contributed by atoms with van der Waals surface area (Å²) in [5.74, 6) is 0.589. The van der Waals surface area contributed by atoms with Crippen molar-refractivity contribution in [3.05, 3.63) is 88.4 Å². The van der Waals surface area contributed by atoms with Crippen molar-refractivity contribution in [2.24, 2.45) is 5.92 Å². The van der Waals surface area contributed by atoms with Gasteiger partial charge in [-0.15, -0.1) is 0 Å². The number of esters is 1. The summed E-state index contributed by atoms with van der Waals surface area (Å²) in [5, 5.41) is 0.715. The first-order chi connectivity index (χ1) is 19.4. The Labute approximate surface area is 241 Å². The van der Waals surface area contributed by atoms with Crippen LogP contribution in [0, 0.1) is 5.92 Å². The van der Waals surface area contributed by atoms with Gasteiger partial charge in [0.05, 0.1) is 10.6 Å². The Bertz CT molecular complexity index is 1430. The van der Waals surface area contributed by atoms with Gasteiger partial charge < -0.3 is 14.4 Å². The molecule has 0 saturated heterocycles. The smallest absolute Gasteiger partial charge is 0.321 e. The van der Waals surface area contributed by atoms with Crippen molar-refractivity contribution in [2.45, 2.75) is 56.6 Å². The molecule has 1 aliphatic carbocycles. The molecule has 0 amide bonds. The Balaban J connectivity index is 1.34. The van der Waals surface area contributed by atoms with E-state index >= 15 is 0 Å². The zero-order valence-electron chi connectivity index (χ0n) is 22.5. The first-order valence-electron chi connectivity index (χ1n) is 13.9. The zero-order chi connectivity index (χ0) is 28.0. The van der Waals surface area contributed by atoms with Gasteiger partial charge in [-0.05, 0) is 85.0 Å². The van der Waals surface area contributed by atoms with Crippen LogP contribution >= 0.6 is 11.6 Å². The number of nitrogens with one attached hydrogen (secondary N) is 1. The molecular formula is C31H35ClN2O5S. The predicted octanol–water partition coefficient (Wildman–Crippen LogP) is 5.88. The Kier molecular flexibility index (Phi) is 9.29. The second-order valence-corrected chi connectivity index (χ2v) is 12.7. The van der Waals surface area contributed by atoms with Gasteiger partial charge in [-0.2, -0.15) is 4.72 Å². The summed E-state index contributed by atoms with van der Waals surface area (Å²) >= 11 is 6.27. The molecule has 1 fully saturated rings. The molecule has 5 rings (SSSR count). The number of benzene rings is 3. The Morgan fingerprint density at radius 1 is 1.00 bits per heavy atom. The summed E-state index contributed by atoms with van der Waals surface area (Å²) in [6, 6.07) is 20.1. The van der Waals surface area contributed by atoms with Crippen molar-refractivity contribution >= 4 is 33.3 Å². The number of aryl methyl sites for hydroxylation is 1. The molecule has 0 radical (unpaired) electrons. The lowest BCUT2D eigenvalue weighted by molar-refractivity contribution is -0.143. The Morgan fingerprint density at radius 2 is 1.82 bits per heavy atom. The third-order valence-corrected chi connectivity index (χ3v) is 9.24. The molecule has 1 aliphatic heterocycles.